The first-order chi connectivity index (χ1) is 11.1. The fourth-order valence-electron chi connectivity index (χ4n) is 3.21. The number of aryl methyl sites for hydroxylation is 2. The number of benzene rings is 1. The number of carbonyl (C=O) groups excluding carboxylic acids is 1. The fourth-order valence-corrected chi connectivity index (χ4v) is 4.25. The molecule has 1 aliphatic heterocycles. The summed E-state index contributed by atoms with van der Waals surface area (Å²) in [4.78, 5) is 19.3. The van der Waals surface area contributed by atoms with Gasteiger partial charge in [-0.1, -0.05) is 29.7 Å². The molecule has 1 fully saturated rings. The van der Waals surface area contributed by atoms with Crippen LogP contribution < -0.4 is 5.32 Å². The lowest BCUT2D eigenvalue weighted by Crippen LogP contribution is -2.47. The van der Waals surface area contributed by atoms with Crippen LogP contribution in [-0.2, 0) is 4.79 Å². The lowest BCUT2D eigenvalue weighted by molar-refractivity contribution is -0.122. The number of amides is 1. The molecule has 1 aromatic carbocycles. The van der Waals surface area contributed by atoms with Gasteiger partial charge in [-0.25, -0.2) is 4.98 Å². The number of terminal acetylenes is 1. The summed E-state index contributed by atoms with van der Waals surface area (Å²) in [5.74, 6) is 2.66. The van der Waals surface area contributed by atoms with E-state index in [2.05, 4.69) is 47.1 Å². The Kier molecular flexibility index (Phi) is 4.65. The van der Waals surface area contributed by atoms with Gasteiger partial charge < -0.3 is 5.32 Å². The van der Waals surface area contributed by atoms with E-state index < -0.39 is 0 Å². The van der Waals surface area contributed by atoms with E-state index in [1.54, 1.807) is 0 Å². The maximum Gasteiger partial charge on any atom is 0.243 e. The van der Waals surface area contributed by atoms with Gasteiger partial charge >= 0.3 is 0 Å². The van der Waals surface area contributed by atoms with Crippen LogP contribution in [0.15, 0.2) is 12.1 Å². The molecule has 2 aromatic rings. The van der Waals surface area contributed by atoms with Crippen molar-refractivity contribution < 1.29 is 4.79 Å². The van der Waals surface area contributed by atoms with Gasteiger partial charge in [-0.15, -0.1) is 6.42 Å². The van der Waals surface area contributed by atoms with Gasteiger partial charge in [-0.3, -0.25) is 9.69 Å². The van der Waals surface area contributed by atoms with Gasteiger partial charge in [0, 0.05) is 0 Å². The molecule has 23 heavy (non-hydrogen) atoms. The van der Waals surface area contributed by atoms with Crippen molar-refractivity contribution in [2.75, 3.05) is 18.4 Å². The van der Waals surface area contributed by atoms with E-state index >= 15 is 0 Å². The van der Waals surface area contributed by atoms with E-state index in [1.165, 1.54) is 16.9 Å². The molecule has 120 valence electrons. The average Bonchev–Trinajstić information content (AvgIpc) is 2.90. The van der Waals surface area contributed by atoms with Crippen molar-refractivity contribution in [3.05, 3.63) is 23.3 Å². The minimum absolute atomic E-state index is 0.00776. The van der Waals surface area contributed by atoms with Crippen molar-refractivity contribution >= 4 is 32.6 Å². The van der Waals surface area contributed by atoms with Gasteiger partial charge in [0.25, 0.3) is 0 Å². The van der Waals surface area contributed by atoms with Crippen molar-refractivity contribution in [2.45, 2.75) is 39.2 Å². The summed E-state index contributed by atoms with van der Waals surface area (Å²) in [5.41, 5.74) is 3.33. The summed E-state index contributed by atoms with van der Waals surface area (Å²) in [5, 5.41) is 3.67. The van der Waals surface area contributed by atoms with Crippen LogP contribution in [0.2, 0.25) is 0 Å². The Bertz CT molecular complexity index is 774. The van der Waals surface area contributed by atoms with Gasteiger partial charge in [0.1, 0.15) is 0 Å². The quantitative estimate of drug-likeness (QED) is 0.880. The molecule has 5 heteroatoms. The van der Waals surface area contributed by atoms with Crippen molar-refractivity contribution in [3.8, 4) is 12.3 Å². The molecule has 0 aliphatic carbocycles. The summed E-state index contributed by atoms with van der Waals surface area (Å²) >= 11 is 1.53. The molecule has 3 rings (SSSR count). The third-order valence-corrected chi connectivity index (χ3v) is 5.19. The smallest absolute Gasteiger partial charge is 0.243 e. The predicted molar refractivity (Wildman–Crippen MR) is 95.8 cm³/mol. The number of likely N-dealkylation sites (tertiary alicyclic amines) is 1. The van der Waals surface area contributed by atoms with Gasteiger partial charge in [-0.05, 0) is 50.4 Å². The number of thiazole rings is 1. The van der Waals surface area contributed by atoms with E-state index in [0.29, 0.717) is 11.7 Å². The highest BCUT2D eigenvalue weighted by molar-refractivity contribution is 7.22. The molecule has 2 heterocycles. The van der Waals surface area contributed by atoms with Crippen molar-refractivity contribution in [2.24, 2.45) is 0 Å². The van der Waals surface area contributed by atoms with E-state index in [4.69, 9.17) is 6.42 Å². The zero-order valence-electron chi connectivity index (χ0n) is 13.6. The number of hydrogen-bond donors (Lipinski definition) is 1. The highest BCUT2D eigenvalue weighted by Crippen LogP contribution is 2.30. The molecule has 1 aromatic heterocycles. The zero-order valence-corrected chi connectivity index (χ0v) is 14.4. The van der Waals surface area contributed by atoms with Crippen LogP contribution in [0.5, 0.6) is 0 Å². The first kappa shape index (κ1) is 16.0. The van der Waals surface area contributed by atoms with Crippen molar-refractivity contribution in [1.29, 1.82) is 0 Å². The lowest BCUT2D eigenvalue weighted by Gasteiger charge is -2.32. The topological polar surface area (TPSA) is 45.2 Å². The van der Waals surface area contributed by atoms with Crippen LogP contribution in [0.4, 0.5) is 5.13 Å². The van der Waals surface area contributed by atoms with Crippen molar-refractivity contribution in [3.63, 3.8) is 0 Å². The zero-order chi connectivity index (χ0) is 16.4. The molecule has 0 saturated carbocycles. The van der Waals surface area contributed by atoms with Crippen LogP contribution in [0, 0.1) is 26.2 Å². The Balaban J connectivity index is 1.79. The second-order valence-corrected chi connectivity index (χ2v) is 7.15. The van der Waals surface area contributed by atoms with E-state index in [1.807, 2.05) is 0 Å². The second-order valence-electron chi connectivity index (χ2n) is 6.12. The number of piperidine rings is 1. The standard InChI is InChI=1S/C18H21N3OS/c1-4-8-21-9-6-5-7-14(21)17(22)20-18-19-16-13(3)10-12(2)11-15(16)23-18/h1,10-11,14H,5-9H2,2-3H3,(H,19,20,22). The summed E-state index contributed by atoms with van der Waals surface area (Å²) in [7, 11) is 0. The van der Waals surface area contributed by atoms with Crippen LogP contribution in [0.3, 0.4) is 0 Å². The molecular weight excluding hydrogens is 306 g/mol. The maximum atomic E-state index is 12.6. The normalized spacial score (nSPS) is 18.7. The number of anilines is 1. The van der Waals surface area contributed by atoms with Gasteiger partial charge in [-0.2, -0.15) is 0 Å². The molecular formula is C18H21N3OS. The molecule has 0 bridgehead atoms. The second kappa shape index (κ2) is 6.69. The van der Waals surface area contributed by atoms with Gasteiger partial charge in [0.15, 0.2) is 5.13 Å². The molecule has 1 saturated heterocycles. The summed E-state index contributed by atoms with van der Waals surface area (Å²) in [6.07, 6.45) is 8.45. The van der Waals surface area contributed by atoms with Crippen LogP contribution >= 0.6 is 11.3 Å². The number of carbonyl (C=O) groups is 1. The monoisotopic (exact) mass is 327 g/mol. The molecule has 0 spiro atoms. The SMILES string of the molecule is C#CCN1CCCCC1C(=O)Nc1nc2c(C)cc(C)cc2s1. The molecule has 0 radical (unpaired) electrons. The first-order valence-corrected chi connectivity index (χ1v) is 8.76. The maximum absolute atomic E-state index is 12.6. The highest BCUT2D eigenvalue weighted by atomic mass is 32.1. The summed E-state index contributed by atoms with van der Waals surface area (Å²) in [6, 6.07) is 4.08. The highest BCUT2D eigenvalue weighted by Gasteiger charge is 2.28. The van der Waals surface area contributed by atoms with Crippen LogP contribution in [0.1, 0.15) is 30.4 Å². The number of aromatic nitrogens is 1. The average molecular weight is 327 g/mol. The Morgan fingerprint density at radius 1 is 1.48 bits per heavy atom. The molecule has 1 amide bonds. The molecule has 1 N–H and O–H groups in total. The third-order valence-electron chi connectivity index (χ3n) is 4.27. The molecule has 1 aliphatic rings. The fraction of sp³-hybridized carbons (Fsp3) is 0.444. The van der Waals surface area contributed by atoms with E-state index in [9.17, 15) is 4.79 Å². The van der Waals surface area contributed by atoms with Gasteiger partial charge in [0.05, 0.1) is 22.8 Å². The Labute approximate surface area is 140 Å². The first-order valence-electron chi connectivity index (χ1n) is 7.94. The lowest BCUT2D eigenvalue weighted by atomic mass is 10.0. The van der Waals surface area contributed by atoms with Crippen LogP contribution in [0.25, 0.3) is 10.2 Å². The van der Waals surface area contributed by atoms with Crippen molar-refractivity contribution in [1.82, 2.24) is 9.88 Å². The van der Waals surface area contributed by atoms with Crippen LogP contribution in [-0.4, -0.2) is 34.9 Å². The summed E-state index contributed by atoms with van der Waals surface area (Å²) < 4.78 is 1.11. The minimum atomic E-state index is -0.144. The van der Waals surface area contributed by atoms with E-state index in [-0.39, 0.29) is 11.9 Å². The third kappa shape index (κ3) is 3.39. The Hall–Kier alpha value is -1.90. The summed E-state index contributed by atoms with van der Waals surface area (Å²) in [6.45, 7) is 5.54. The number of nitrogens with zero attached hydrogens (tertiary/aromatic N) is 2. The minimum Gasteiger partial charge on any atom is -0.301 e. The Morgan fingerprint density at radius 3 is 3.09 bits per heavy atom. The number of fused-ring (bicyclic) bond motifs is 1. The molecule has 4 nitrogen and oxygen atoms in total. The largest absolute Gasteiger partial charge is 0.301 e. The Morgan fingerprint density at radius 2 is 2.30 bits per heavy atom. The number of hydrogen-bond acceptors (Lipinski definition) is 4. The number of nitrogens with one attached hydrogen (secondary N) is 1. The van der Waals surface area contributed by atoms with Gasteiger partial charge in [0.2, 0.25) is 5.91 Å². The predicted octanol–water partition coefficient (Wildman–Crippen LogP) is 3.34. The molecule has 1 unspecified atom stereocenters. The van der Waals surface area contributed by atoms with E-state index in [0.717, 1.165) is 41.6 Å². The molecule has 1 atom stereocenters. The number of rotatable bonds is 3.